The highest BCUT2D eigenvalue weighted by molar-refractivity contribution is 5.62. The number of nitrogens with zero attached hydrogens (tertiary/aromatic N) is 3. The standard InChI is InChI=1S/C10H12N4O2/c1-7(11)4-8-2-3-13-6-12-10(14(15)16)9(13)5-8/h2-3,5-7H,4,11H2,1H3. The van der Waals surface area contributed by atoms with Crippen LogP contribution in [0.3, 0.4) is 0 Å². The van der Waals surface area contributed by atoms with Gasteiger partial charge in [-0.3, -0.25) is 4.40 Å². The Bertz CT molecular complexity index is 533. The molecule has 84 valence electrons. The average molecular weight is 220 g/mol. The van der Waals surface area contributed by atoms with Gasteiger partial charge in [-0.2, -0.15) is 0 Å². The molecule has 0 aliphatic rings. The molecule has 2 N–H and O–H groups in total. The summed E-state index contributed by atoms with van der Waals surface area (Å²) in [6.45, 7) is 1.90. The van der Waals surface area contributed by atoms with E-state index in [4.69, 9.17) is 5.73 Å². The molecule has 6 nitrogen and oxygen atoms in total. The van der Waals surface area contributed by atoms with Crippen LogP contribution in [0.5, 0.6) is 0 Å². The first-order chi connectivity index (χ1) is 7.58. The van der Waals surface area contributed by atoms with Gasteiger partial charge in [0.05, 0.1) is 0 Å². The topological polar surface area (TPSA) is 86.5 Å². The van der Waals surface area contributed by atoms with Crippen molar-refractivity contribution in [2.75, 3.05) is 0 Å². The number of fused-ring (bicyclic) bond motifs is 1. The van der Waals surface area contributed by atoms with E-state index in [1.807, 2.05) is 13.0 Å². The number of nitro groups is 1. The van der Waals surface area contributed by atoms with Crippen LogP contribution in [0.2, 0.25) is 0 Å². The highest BCUT2D eigenvalue weighted by Crippen LogP contribution is 2.19. The first-order valence-electron chi connectivity index (χ1n) is 4.93. The number of pyridine rings is 1. The second-order valence-corrected chi connectivity index (χ2v) is 3.83. The average Bonchev–Trinajstić information content (AvgIpc) is 2.59. The van der Waals surface area contributed by atoms with Crippen molar-refractivity contribution in [1.29, 1.82) is 0 Å². The van der Waals surface area contributed by atoms with E-state index < -0.39 is 4.92 Å². The molecule has 0 spiro atoms. The van der Waals surface area contributed by atoms with E-state index in [1.165, 1.54) is 6.33 Å². The van der Waals surface area contributed by atoms with Crippen LogP contribution < -0.4 is 5.73 Å². The second-order valence-electron chi connectivity index (χ2n) is 3.83. The molecule has 2 aromatic rings. The SMILES string of the molecule is CC(N)Cc1ccn2cnc([N+](=O)[O-])c2c1. The van der Waals surface area contributed by atoms with E-state index in [1.54, 1.807) is 16.7 Å². The molecule has 0 bridgehead atoms. The fourth-order valence-corrected chi connectivity index (χ4v) is 1.66. The molecule has 1 unspecified atom stereocenters. The summed E-state index contributed by atoms with van der Waals surface area (Å²) < 4.78 is 1.63. The first-order valence-corrected chi connectivity index (χ1v) is 4.93. The van der Waals surface area contributed by atoms with E-state index >= 15 is 0 Å². The zero-order valence-corrected chi connectivity index (χ0v) is 8.83. The van der Waals surface area contributed by atoms with Crippen molar-refractivity contribution < 1.29 is 4.92 Å². The summed E-state index contributed by atoms with van der Waals surface area (Å²) >= 11 is 0. The van der Waals surface area contributed by atoms with Crippen LogP contribution in [0.15, 0.2) is 24.7 Å². The summed E-state index contributed by atoms with van der Waals surface area (Å²) in [6.07, 6.45) is 3.88. The third-order valence-corrected chi connectivity index (χ3v) is 2.31. The molecule has 0 fully saturated rings. The molecule has 2 heterocycles. The molecule has 2 rings (SSSR count). The molecular formula is C10H12N4O2. The lowest BCUT2D eigenvalue weighted by atomic mass is 10.1. The lowest BCUT2D eigenvalue weighted by Crippen LogP contribution is -2.17. The molecule has 0 aliphatic carbocycles. The van der Waals surface area contributed by atoms with Gasteiger partial charge < -0.3 is 15.8 Å². The molecule has 0 amide bonds. The van der Waals surface area contributed by atoms with Gasteiger partial charge in [-0.25, -0.2) is 0 Å². The number of aromatic nitrogens is 2. The summed E-state index contributed by atoms with van der Waals surface area (Å²) in [5, 5.41) is 10.7. The molecule has 6 heteroatoms. The predicted octanol–water partition coefficient (Wildman–Crippen LogP) is 1.13. The van der Waals surface area contributed by atoms with Crippen molar-refractivity contribution in [2.45, 2.75) is 19.4 Å². The Kier molecular flexibility index (Phi) is 2.57. The summed E-state index contributed by atoms with van der Waals surface area (Å²) in [5.41, 5.74) is 7.17. The van der Waals surface area contributed by atoms with Gasteiger partial charge in [0, 0.05) is 12.2 Å². The number of nitrogens with two attached hydrogens (primary N) is 1. The molecule has 0 aromatic carbocycles. The van der Waals surface area contributed by atoms with Crippen LogP contribution in [0.1, 0.15) is 12.5 Å². The van der Waals surface area contributed by atoms with Crippen LogP contribution in [-0.2, 0) is 6.42 Å². The van der Waals surface area contributed by atoms with Gasteiger partial charge in [0.2, 0.25) is 6.33 Å². The van der Waals surface area contributed by atoms with Gasteiger partial charge in [0.25, 0.3) is 0 Å². The van der Waals surface area contributed by atoms with Crippen LogP contribution >= 0.6 is 0 Å². The molecular weight excluding hydrogens is 208 g/mol. The third kappa shape index (κ3) is 1.87. The number of rotatable bonds is 3. The second kappa shape index (κ2) is 3.90. The molecule has 0 saturated heterocycles. The Morgan fingerprint density at radius 3 is 3.06 bits per heavy atom. The van der Waals surface area contributed by atoms with Crippen molar-refractivity contribution in [3.05, 3.63) is 40.3 Å². The lowest BCUT2D eigenvalue weighted by Gasteiger charge is -2.04. The summed E-state index contributed by atoms with van der Waals surface area (Å²) in [4.78, 5) is 14.0. The molecule has 0 saturated carbocycles. The van der Waals surface area contributed by atoms with Gasteiger partial charge in [-0.1, -0.05) is 0 Å². The van der Waals surface area contributed by atoms with E-state index in [2.05, 4.69) is 4.98 Å². The van der Waals surface area contributed by atoms with Gasteiger partial charge in [-0.15, -0.1) is 0 Å². The van der Waals surface area contributed by atoms with Crippen molar-refractivity contribution in [3.8, 4) is 0 Å². The minimum absolute atomic E-state index is 0.0319. The largest absolute Gasteiger partial charge is 0.389 e. The van der Waals surface area contributed by atoms with E-state index in [0.29, 0.717) is 11.9 Å². The maximum atomic E-state index is 10.7. The molecule has 0 aliphatic heterocycles. The fourth-order valence-electron chi connectivity index (χ4n) is 1.66. The van der Waals surface area contributed by atoms with Crippen LogP contribution in [0.4, 0.5) is 5.82 Å². The normalized spacial score (nSPS) is 12.9. The predicted molar refractivity (Wildman–Crippen MR) is 59.2 cm³/mol. The summed E-state index contributed by atoms with van der Waals surface area (Å²) in [6, 6.07) is 3.68. The van der Waals surface area contributed by atoms with Gasteiger partial charge in [0.1, 0.15) is 5.52 Å². The summed E-state index contributed by atoms with van der Waals surface area (Å²) in [7, 11) is 0. The Balaban J connectivity index is 2.50. The molecule has 2 aromatic heterocycles. The summed E-state index contributed by atoms with van der Waals surface area (Å²) in [5.74, 6) is -0.119. The van der Waals surface area contributed by atoms with E-state index in [9.17, 15) is 10.1 Å². The molecule has 16 heavy (non-hydrogen) atoms. The number of hydrogen-bond donors (Lipinski definition) is 1. The van der Waals surface area contributed by atoms with Crippen LogP contribution in [0, 0.1) is 10.1 Å². The highest BCUT2D eigenvalue weighted by atomic mass is 16.6. The zero-order valence-electron chi connectivity index (χ0n) is 8.83. The quantitative estimate of drug-likeness (QED) is 0.620. The number of imidazole rings is 1. The van der Waals surface area contributed by atoms with Gasteiger partial charge in [-0.05, 0) is 40.9 Å². The molecule has 1 atom stereocenters. The minimum atomic E-state index is -0.481. The Morgan fingerprint density at radius 1 is 1.69 bits per heavy atom. The van der Waals surface area contributed by atoms with Crippen LogP contribution in [-0.4, -0.2) is 20.3 Å². The lowest BCUT2D eigenvalue weighted by molar-refractivity contribution is -0.387. The van der Waals surface area contributed by atoms with Gasteiger partial charge >= 0.3 is 5.82 Å². The Morgan fingerprint density at radius 2 is 2.44 bits per heavy atom. The van der Waals surface area contributed by atoms with Crippen LogP contribution in [0.25, 0.3) is 5.52 Å². The van der Waals surface area contributed by atoms with Gasteiger partial charge in [0.15, 0.2) is 0 Å². The Hall–Kier alpha value is -1.95. The maximum Gasteiger partial charge on any atom is 0.389 e. The maximum absolute atomic E-state index is 10.7. The van der Waals surface area contributed by atoms with E-state index in [-0.39, 0.29) is 11.9 Å². The smallest absolute Gasteiger partial charge is 0.358 e. The number of hydrogen-bond acceptors (Lipinski definition) is 4. The fraction of sp³-hybridized carbons (Fsp3) is 0.300. The van der Waals surface area contributed by atoms with Crippen molar-refractivity contribution in [2.24, 2.45) is 5.73 Å². The van der Waals surface area contributed by atoms with Crippen molar-refractivity contribution in [1.82, 2.24) is 9.38 Å². The third-order valence-electron chi connectivity index (χ3n) is 2.31. The van der Waals surface area contributed by atoms with E-state index in [0.717, 1.165) is 5.56 Å². The monoisotopic (exact) mass is 220 g/mol. The highest BCUT2D eigenvalue weighted by Gasteiger charge is 2.15. The Labute approximate surface area is 91.9 Å². The zero-order chi connectivity index (χ0) is 11.7. The first kappa shape index (κ1) is 10.6. The van der Waals surface area contributed by atoms with Crippen molar-refractivity contribution in [3.63, 3.8) is 0 Å². The van der Waals surface area contributed by atoms with Crippen molar-refractivity contribution >= 4 is 11.3 Å². The molecule has 0 radical (unpaired) electrons. The minimum Gasteiger partial charge on any atom is -0.358 e.